The van der Waals surface area contributed by atoms with Crippen molar-refractivity contribution in [3.63, 3.8) is 0 Å². The molecule has 0 saturated carbocycles. The van der Waals surface area contributed by atoms with Gasteiger partial charge in [-0.2, -0.15) is 0 Å². The zero-order valence-electron chi connectivity index (χ0n) is 24.7. The van der Waals surface area contributed by atoms with Crippen LogP contribution < -0.4 is 0 Å². The van der Waals surface area contributed by atoms with Crippen LogP contribution in [-0.2, 0) is 38.8 Å². The van der Waals surface area contributed by atoms with Crippen molar-refractivity contribution in [2.24, 2.45) is 0 Å². The highest BCUT2D eigenvalue weighted by Gasteiger charge is 2.49. The zero-order valence-corrected chi connectivity index (χ0v) is 24.7. The van der Waals surface area contributed by atoms with E-state index in [1.54, 1.807) is 0 Å². The van der Waals surface area contributed by atoms with Gasteiger partial charge in [0.1, 0.15) is 30.0 Å². The Bertz CT molecular complexity index is 1670. The number of aromatic nitrogens is 3. The van der Waals surface area contributed by atoms with Gasteiger partial charge in [0.2, 0.25) is 0 Å². The third-order valence-corrected chi connectivity index (χ3v) is 7.69. The molecule has 1 aliphatic heterocycles. The van der Waals surface area contributed by atoms with Crippen LogP contribution in [0.5, 0.6) is 0 Å². The maximum atomic E-state index is 14.1. The monoisotopic (exact) mass is 631 g/mol. The number of rotatable bonds is 12. The van der Waals surface area contributed by atoms with E-state index < -0.39 is 48.1 Å². The van der Waals surface area contributed by atoms with E-state index in [4.69, 9.17) is 18.9 Å². The van der Waals surface area contributed by atoms with Crippen molar-refractivity contribution < 1.29 is 37.2 Å². The van der Waals surface area contributed by atoms with Crippen LogP contribution in [0.1, 0.15) is 22.7 Å². The third kappa shape index (κ3) is 7.52. The van der Waals surface area contributed by atoms with Gasteiger partial charge in [-0.15, -0.1) is 5.10 Å². The number of hydrogen-bond donors (Lipinski definition) is 1. The van der Waals surface area contributed by atoms with Crippen LogP contribution in [0, 0.1) is 17.5 Å². The van der Waals surface area contributed by atoms with Gasteiger partial charge < -0.3 is 24.1 Å². The van der Waals surface area contributed by atoms with E-state index in [-0.39, 0.29) is 31.1 Å². The molecule has 1 N–H and O–H groups in total. The topological polar surface area (TPSA) is 87.9 Å². The summed E-state index contributed by atoms with van der Waals surface area (Å²) in [5.41, 5.74) is 2.79. The summed E-state index contributed by atoms with van der Waals surface area (Å²) in [5.74, 6) is -4.28. The van der Waals surface area contributed by atoms with E-state index in [9.17, 15) is 18.3 Å². The first-order valence-electron chi connectivity index (χ1n) is 14.8. The number of aliphatic hydroxyl groups is 1. The largest absolute Gasteiger partial charge is 0.374 e. The molecule has 6 rings (SSSR count). The van der Waals surface area contributed by atoms with E-state index in [2.05, 4.69) is 10.3 Å². The van der Waals surface area contributed by atoms with Gasteiger partial charge in [0.25, 0.3) is 0 Å². The Balaban J connectivity index is 1.33. The van der Waals surface area contributed by atoms with Crippen LogP contribution in [0.4, 0.5) is 13.2 Å². The zero-order chi connectivity index (χ0) is 31.9. The minimum Gasteiger partial charge on any atom is -0.374 e. The smallest absolute Gasteiger partial charge is 0.194 e. The fraction of sp³-hybridized carbons (Fsp3) is 0.257. The van der Waals surface area contributed by atoms with Crippen LogP contribution in [0.15, 0.2) is 109 Å². The molecule has 238 valence electrons. The first-order chi connectivity index (χ1) is 22.5. The fourth-order valence-corrected chi connectivity index (χ4v) is 5.39. The van der Waals surface area contributed by atoms with Gasteiger partial charge in [-0.3, -0.25) is 0 Å². The molecule has 0 amide bonds. The van der Waals surface area contributed by atoms with Crippen molar-refractivity contribution in [2.75, 3.05) is 6.61 Å². The highest BCUT2D eigenvalue weighted by atomic mass is 19.2. The minimum atomic E-state index is -1.58. The van der Waals surface area contributed by atoms with Crippen LogP contribution in [0.2, 0.25) is 0 Å². The lowest BCUT2D eigenvalue weighted by Crippen LogP contribution is -2.57. The molecule has 1 aliphatic rings. The summed E-state index contributed by atoms with van der Waals surface area (Å²) in [4.78, 5) is 0. The molecule has 0 spiro atoms. The van der Waals surface area contributed by atoms with E-state index in [1.165, 1.54) is 10.9 Å². The summed E-state index contributed by atoms with van der Waals surface area (Å²) in [6.45, 7) is 0.691. The van der Waals surface area contributed by atoms with Crippen LogP contribution in [0.25, 0.3) is 11.3 Å². The van der Waals surface area contributed by atoms with E-state index in [0.29, 0.717) is 6.61 Å². The molecule has 2 heterocycles. The molecule has 1 aromatic heterocycles. The molecule has 5 aromatic rings. The molecule has 0 aliphatic carbocycles. The van der Waals surface area contributed by atoms with Gasteiger partial charge >= 0.3 is 0 Å². The second-order valence-electron chi connectivity index (χ2n) is 10.9. The van der Waals surface area contributed by atoms with E-state index in [1.807, 2.05) is 91.0 Å². The average Bonchev–Trinajstić information content (AvgIpc) is 3.57. The summed E-state index contributed by atoms with van der Waals surface area (Å²) in [6, 6.07) is 29.4. The summed E-state index contributed by atoms with van der Waals surface area (Å²) in [6.07, 6.45) is -2.56. The predicted molar refractivity (Wildman–Crippen MR) is 161 cm³/mol. The number of benzene rings is 4. The Hall–Kier alpha value is -4.39. The highest BCUT2D eigenvalue weighted by Crippen LogP contribution is 2.35. The molecule has 4 aromatic carbocycles. The predicted octanol–water partition coefficient (Wildman–Crippen LogP) is 6.01. The molecule has 11 heteroatoms. The maximum absolute atomic E-state index is 14.1. The second-order valence-corrected chi connectivity index (χ2v) is 10.9. The van der Waals surface area contributed by atoms with Crippen molar-refractivity contribution in [3.8, 4) is 11.3 Å². The Kier molecular flexibility index (Phi) is 10.2. The molecule has 1 fully saturated rings. The second kappa shape index (κ2) is 14.8. The number of halogens is 3. The Morgan fingerprint density at radius 1 is 0.717 bits per heavy atom. The number of aliphatic hydroxyl groups excluding tert-OH is 1. The van der Waals surface area contributed by atoms with Crippen molar-refractivity contribution in [3.05, 3.63) is 143 Å². The van der Waals surface area contributed by atoms with Crippen LogP contribution in [0.3, 0.4) is 0 Å². The molecule has 8 nitrogen and oxygen atoms in total. The third-order valence-electron chi connectivity index (χ3n) is 7.69. The van der Waals surface area contributed by atoms with Gasteiger partial charge in [0.05, 0.1) is 32.6 Å². The summed E-state index contributed by atoms with van der Waals surface area (Å²) >= 11 is 0. The van der Waals surface area contributed by atoms with Crippen molar-refractivity contribution in [1.82, 2.24) is 15.0 Å². The standard InChI is InChI=1S/C35H32F3N3O5/c36-27-16-26(17-28(37)31(27)38)29-18-41(40-39-29)32-33(44-20-24-12-6-2-7-13-24)30(22-43-19-23-10-4-1-5-11-23)46-35(42)34(32)45-21-25-14-8-3-9-15-25/h1-18,30,32-35,42H,19-22H2. The molecular formula is C35H32F3N3O5. The maximum Gasteiger partial charge on any atom is 0.194 e. The first kappa shape index (κ1) is 31.6. The van der Waals surface area contributed by atoms with Gasteiger partial charge in [0, 0.05) is 5.56 Å². The van der Waals surface area contributed by atoms with E-state index >= 15 is 0 Å². The number of ether oxygens (including phenoxy) is 4. The Labute approximate surface area is 263 Å². The highest BCUT2D eigenvalue weighted by molar-refractivity contribution is 5.58. The van der Waals surface area contributed by atoms with Crippen LogP contribution in [-0.4, -0.2) is 51.3 Å². The average molecular weight is 632 g/mol. The summed E-state index contributed by atoms with van der Waals surface area (Å²) < 4.78 is 68.2. The van der Waals surface area contributed by atoms with Gasteiger partial charge in [-0.1, -0.05) is 96.2 Å². The van der Waals surface area contributed by atoms with Crippen molar-refractivity contribution in [1.29, 1.82) is 0 Å². The molecule has 1 saturated heterocycles. The Morgan fingerprint density at radius 3 is 1.80 bits per heavy atom. The van der Waals surface area contributed by atoms with Crippen molar-refractivity contribution >= 4 is 0 Å². The first-order valence-corrected chi connectivity index (χ1v) is 14.8. The normalized spacial score (nSPS) is 21.3. The minimum absolute atomic E-state index is 0.0125. The number of nitrogens with zero attached hydrogens (tertiary/aromatic N) is 3. The Morgan fingerprint density at radius 2 is 1.24 bits per heavy atom. The lowest BCUT2D eigenvalue weighted by molar-refractivity contribution is -0.293. The molecule has 5 atom stereocenters. The van der Waals surface area contributed by atoms with Crippen molar-refractivity contribution in [2.45, 2.75) is 50.5 Å². The summed E-state index contributed by atoms with van der Waals surface area (Å²) in [7, 11) is 0. The van der Waals surface area contributed by atoms with E-state index in [0.717, 1.165) is 28.8 Å². The van der Waals surface area contributed by atoms with Gasteiger partial charge in [-0.25, -0.2) is 17.9 Å². The molecular weight excluding hydrogens is 599 g/mol. The molecule has 0 bridgehead atoms. The fourth-order valence-electron chi connectivity index (χ4n) is 5.39. The number of hydrogen-bond acceptors (Lipinski definition) is 7. The van der Waals surface area contributed by atoms with Gasteiger partial charge in [-0.05, 0) is 28.8 Å². The molecule has 5 unspecified atom stereocenters. The quantitative estimate of drug-likeness (QED) is 0.169. The molecule has 0 radical (unpaired) electrons. The lowest BCUT2D eigenvalue weighted by atomic mass is 9.95. The van der Waals surface area contributed by atoms with Gasteiger partial charge in [0.15, 0.2) is 23.7 Å². The molecule has 46 heavy (non-hydrogen) atoms. The van der Waals surface area contributed by atoms with Crippen LogP contribution >= 0.6 is 0 Å². The lowest BCUT2D eigenvalue weighted by Gasteiger charge is -2.44. The SMILES string of the molecule is OC1OC(COCc2ccccc2)C(OCc2ccccc2)C(n2cc(-c3cc(F)c(F)c(F)c3)nn2)C1OCc1ccccc1. The summed E-state index contributed by atoms with van der Waals surface area (Å²) in [5, 5.41) is 19.7.